The van der Waals surface area contributed by atoms with Crippen molar-refractivity contribution in [2.45, 2.75) is 0 Å². The molecule has 5 nitrogen and oxygen atoms in total. The molecule has 0 saturated carbocycles. The van der Waals surface area contributed by atoms with E-state index in [-0.39, 0.29) is 11.5 Å². The van der Waals surface area contributed by atoms with Gasteiger partial charge in [-0.25, -0.2) is 4.79 Å². The van der Waals surface area contributed by atoms with Gasteiger partial charge in [0, 0.05) is 0 Å². The molecule has 0 aliphatic rings. The highest BCUT2D eigenvalue weighted by atomic mass is 35.5. The Hall–Kier alpha value is -1.72. The highest BCUT2D eigenvalue weighted by Gasteiger charge is 2.18. The monoisotopic (exact) mass is 271 g/mol. The number of aromatic amines is 1. The third kappa shape index (κ3) is 2.07. The quantitative estimate of drug-likeness (QED) is 0.783. The number of carbonyl (C=O) groups is 1. The SMILES string of the molecule is Nc1n[nH]c(C(=O)O)c1-c1ccc(Cl)c(Cl)c1. The zero-order valence-electron chi connectivity index (χ0n) is 8.37. The van der Waals surface area contributed by atoms with Gasteiger partial charge >= 0.3 is 5.97 Å². The molecular formula is C10H7Cl2N3O2. The highest BCUT2D eigenvalue weighted by Crippen LogP contribution is 2.32. The Balaban J connectivity index is 2.63. The summed E-state index contributed by atoms with van der Waals surface area (Å²) in [5.74, 6) is -1.05. The molecule has 4 N–H and O–H groups in total. The van der Waals surface area contributed by atoms with E-state index < -0.39 is 5.97 Å². The maximum atomic E-state index is 11.0. The standard InChI is InChI=1S/C10H7Cl2N3O2/c11-5-2-1-4(3-6(5)12)7-8(10(16)17)14-15-9(7)13/h1-3H,(H,16,17)(H3,13,14,15). The summed E-state index contributed by atoms with van der Waals surface area (Å²) >= 11 is 11.6. The highest BCUT2D eigenvalue weighted by molar-refractivity contribution is 6.42. The summed E-state index contributed by atoms with van der Waals surface area (Å²) in [5.41, 5.74) is 6.38. The minimum Gasteiger partial charge on any atom is -0.477 e. The summed E-state index contributed by atoms with van der Waals surface area (Å²) in [7, 11) is 0. The predicted molar refractivity (Wildman–Crippen MR) is 65.4 cm³/mol. The van der Waals surface area contributed by atoms with Crippen LogP contribution in [0.2, 0.25) is 10.0 Å². The molecular weight excluding hydrogens is 265 g/mol. The zero-order valence-corrected chi connectivity index (χ0v) is 9.88. The molecule has 1 aromatic carbocycles. The van der Waals surface area contributed by atoms with Crippen molar-refractivity contribution in [1.29, 1.82) is 0 Å². The summed E-state index contributed by atoms with van der Waals surface area (Å²) in [5, 5.41) is 15.7. The average molecular weight is 272 g/mol. The Morgan fingerprint density at radius 1 is 1.35 bits per heavy atom. The molecule has 0 amide bonds. The van der Waals surface area contributed by atoms with Gasteiger partial charge in [0.15, 0.2) is 11.5 Å². The summed E-state index contributed by atoms with van der Waals surface area (Å²) in [6.45, 7) is 0. The van der Waals surface area contributed by atoms with Gasteiger partial charge in [0.05, 0.1) is 15.6 Å². The van der Waals surface area contributed by atoms with Gasteiger partial charge in [-0.15, -0.1) is 0 Å². The second-order valence-electron chi connectivity index (χ2n) is 3.29. The van der Waals surface area contributed by atoms with E-state index in [0.29, 0.717) is 21.2 Å². The first-order chi connectivity index (χ1) is 8.00. The van der Waals surface area contributed by atoms with Crippen LogP contribution in [0.1, 0.15) is 10.5 Å². The number of nitrogens with one attached hydrogen (secondary N) is 1. The van der Waals surface area contributed by atoms with Crippen LogP contribution in [0.3, 0.4) is 0 Å². The Bertz CT molecular complexity index is 595. The molecule has 17 heavy (non-hydrogen) atoms. The van der Waals surface area contributed by atoms with Crippen LogP contribution >= 0.6 is 23.2 Å². The number of hydrogen-bond acceptors (Lipinski definition) is 3. The molecule has 0 aliphatic carbocycles. The van der Waals surface area contributed by atoms with Gasteiger partial charge in [-0.1, -0.05) is 29.3 Å². The molecule has 0 bridgehead atoms. The smallest absolute Gasteiger partial charge is 0.354 e. The molecule has 0 spiro atoms. The van der Waals surface area contributed by atoms with Crippen LogP contribution in [-0.4, -0.2) is 21.3 Å². The Morgan fingerprint density at radius 3 is 2.65 bits per heavy atom. The van der Waals surface area contributed by atoms with Crippen molar-refractivity contribution in [1.82, 2.24) is 10.2 Å². The van der Waals surface area contributed by atoms with E-state index in [4.69, 9.17) is 34.0 Å². The first-order valence-corrected chi connectivity index (χ1v) is 5.29. The lowest BCUT2D eigenvalue weighted by atomic mass is 10.1. The van der Waals surface area contributed by atoms with E-state index >= 15 is 0 Å². The molecule has 0 aliphatic heterocycles. The number of H-pyrrole nitrogens is 1. The van der Waals surface area contributed by atoms with E-state index in [0.717, 1.165) is 0 Å². The van der Waals surface area contributed by atoms with Gasteiger partial charge in [-0.2, -0.15) is 5.10 Å². The number of anilines is 1. The number of halogens is 2. The summed E-state index contributed by atoms with van der Waals surface area (Å²) in [4.78, 5) is 11.0. The molecule has 1 heterocycles. The van der Waals surface area contributed by atoms with Gasteiger partial charge in [0.25, 0.3) is 0 Å². The molecule has 0 atom stereocenters. The minimum absolute atomic E-state index is 0.0825. The molecule has 0 fully saturated rings. The van der Waals surface area contributed by atoms with Gasteiger partial charge < -0.3 is 10.8 Å². The fraction of sp³-hybridized carbons (Fsp3) is 0. The topological polar surface area (TPSA) is 92.0 Å². The number of nitrogens with zero attached hydrogens (tertiary/aromatic N) is 1. The number of nitrogens with two attached hydrogens (primary N) is 1. The van der Waals surface area contributed by atoms with Crippen molar-refractivity contribution < 1.29 is 9.90 Å². The van der Waals surface area contributed by atoms with Crippen LogP contribution in [0, 0.1) is 0 Å². The number of nitrogen functional groups attached to an aromatic ring is 1. The van der Waals surface area contributed by atoms with Crippen LogP contribution in [-0.2, 0) is 0 Å². The summed E-state index contributed by atoms with van der Waals surface area (Å²) in [6, 6.07) is 4.73. The number of carboxylic acid groups (broad SMARTS) is 1. The third-order valence-corrected chi connectivity index (χ3v) is 2.96. The molecule has 2 aromatic rings. The maximum absolute atomic E-state index is 11.0. The lowest BCUT2D eigenvalue weighted by Gasteiger charge is -2.03. The molecule has 88 valence electrons. The van der Waals surface area contributed by atoms with E-state index in [2.05, 4.69) is 10.2 Å². The first-order valence-electron chi connectivity index (χ1n) is 4.53. The lowest BCUT2D eigenvalue weighted by molar-refractivity contribution is 0.0691. The van der Waals surface area contributed by atoms with Crippen molar-refractivity contribution >= 4 is 35.0 Å². The average Bonchev–Trinajstić information content (AvgIpc) is 2.64. The van der Waals surface area contributed by atoms with E-state index in [9.17, 15) is 4.79 Å². The number of rotatable bonds is 2. The van der Waals surface area contributed by atoms with Gasteiger partial charge in [-0.05, 0) is 17.7 Å². The van der Waals surface area contributed by atoms with Crippen molar-refractivity contribution in [2.75, 3.05) is 5.73 Å². The fourth-order valence-corrected chi connectivity index (χ4v) is 1.75. The minimum atomic E-state index is -1.14. The largest absolute Gasteiger partial charge is 0.477 e. The zero-order chi connectivity index (χ0) is 12.6. The van der Waals surface area contributed by atoms with Crippen LogP contribution in [0.15, 0.2) is 18.2 Å². The van der Waals surface area contributed by atoms with Crippen molar-refractivity contribution in [3.8, 4) is 11.1 Å². The van der Waals surface area contributed by atoms with Gasteiger partial charge in [0.1, 0.15) is 0 Å². The molecule has 0 saturated heterocycles. The summed E-state index contributed by atoms with van der Waals surface area (Å²) in [6.07, 6.45) is 0. The Morgan fingerprint density at radius 2 is 2.06 bits per heavy atom. The van der Waals surface area contributed by atoms with Crippen LogP contribution < -0.4 is 5.73 Å². The number of carboxylic acids is 1. The molecule has 0 unspecified atom stereocenters. The van der Waals surface area contributed by atoms with E-state index in [1.165, 1.54) is 6.07 Å². The summed E-state index contributed by atoms with van der Waals surface area (Å²) < 4.78 is 0. The van der Waals surface area contributed by atoms with Gasteiger partial charge in [0.2, 0.25) is 0 Å². The molecule has 7 heteroatoms. The second-order valence-corrected chi connectivity index (χ2v) is 4.11. The number of aromatic nitrogens is 2. The van der Waals surface area contributed by atoms with Crippen LogP contribution in [0.5, 0.6) is 0 Å². The number of aromatic carboxylic acids is 1. The lowest BCUT2D eigenvalue weighted by Crippen LogP contribution is -1.99. The van der Waals surface area contributed by atoms with Crippen LogP contribution in [0.4, 0.5) is 5.82 Å². The van der Waals surface area contributed by atoms with Crippen molar-refractivity contribution in [2.24, 2.45) is 0 Å². The Kier molecular flexibility index (Phi) is 2.95. The van der Waals surface area contributed by atoms with Gasteiger partial charge in [-0.3, -0.25) is 5.10 Å². The maximum Gasteiger partial charge on any atom is 0.354 e. The van der Waals surface area contributed by atoms with Crippen molar-refractivity contribution in [3.63, 3.8) is 0 Å². The van der Waals surface area contributed by atoms with E-state index in [1.807, 2.05) is 0 Å². The molecule has 0 radical (unpaired) electrons. The normalized spacial score (nSPS) is 10.5. The predicted octanol–water partition coefficient (Wildman–Crippen LogP) is 2.66. The molecule has 2 rings (SSSR count). The second kappa shape index (κ2) is 4.27. The Labute approximate surface area is 106 Å². The van der Waals surface area contributed by atoms with Crippen molar-refractivity contribution in [3.05, 3.63) is 33.9 Å². The number of benzene rings is 1. The van der Waals surface area contributed by atoms with E-state index in [1.54, 1.807) is 12.1 Å². The fourth-order valence-electron chi connectivity index (χ4n) is 1.45. The third-order valence-electron chi connectivity index (χ3n) is 2.22. The first kappa shape index (κ1) is 11.8. The van der Waals surface area contributed by atoms with Crippen LogP contribution in [0.25, 0.3) is 11.1 Å². The molecule has 1 aromatic heterocycles. The number of hydrogen-bond donors (Lipinski definition) is 3.